The minimum absolute atomic E-state index is 0.294. The van der Waals surface area contributed by atoms with Gasteiger partial charge in [0.05, 0.1) is 12.7 Å². The second-order valence-corrected chi connectivity index (χ2v) is 6.74. The first-order valence-corrected chi connectivity index (χ1v) is 8.08. The first kappa shape index (κ1) is 20.5. The van der Waals surface area contributed by atoms with Crippen LogP contribution in [0, 0.1) is 5.92 Å². The molecule has 0 saturated carbocycles. The summed E-state index contributed by atoms with van der Waals surface area (Å²) in [6.45, 7) is 6.99. The molecule has 0 heterocycles. The summed E-state index contributed by atoms with van der Waals surface area (Å²) in [5, 5.41) is 0. The van der Waals surface area contributed by atoms with E-state index in [-0.39, 0.29) is 17.8 Å². The van der Waals surface area contributed by atoms with Gasteiger partial charge in [-0.1, -0.05) is 19.1 Å². The van der Waals surface area contributed by atoms with Gasteiger partial charge >= 0.3 is 12.1 Å². The minimum atomic E-state index is -0.702. The number of hydrogen-bond donors (Lipinski definition) is 2. The summed E-state index contributed by atoms with van der Waals surface area (Å²) in [6, 6.07) is 7.04. The Morgan fingerprint density at radius 3 is 2.20 bits per heavy atom. The molecule has 0 fully saturated rings. The number of aryl methyl sites for hydroxylation is 1. The fourth-order valence-electron chi connectivity index (χ4n) is 1.98. The molecular weight excluding hydrogens is 324 g/mol. The third-order valence-electron chi connectivity index (χ3n) is 3.38. The lowest BCUT2D eigenvalue weighted by molar-refractivity contribution is -0.125. The molecule has 2 N–H and O–H groups in total. The van der Waals surface area contributed by atoms with Crippen molar-refractivity contribution in [3.8, 4) is 0 Å². The Hall–Kier alpha value is -2.57. The highest BCUT2D eigenvalue weighted by molar-refractivity contribution is 5.89. The second kappa shape index (κ2) is 9.05. The van der Waals surface area contributed by atoms with Gasteiger partial charge in [-0.25, -0.2) is 15.0 Å². The Morgan fingerprint density at radius 2 is 1.68 bits per heavy atom. The average molecular weight is 350 g/mol. The molecule has 1 atom stereocenters. The number of amides is 2. The van der Waals surface area contributed by atoms with Crippen LogP contribution in [-0.4, -0.2) is 30.7 Å². The number of nitrogens with one attached hydrogen (secondary N) is 2. The average Bonchev–Trinajstić information content (AvgIpc) is 2.55. The highest BCUT2D eigenvalue weighted by atomic mass is 16.6. The summed E-state index contributed by atoms with van der Waals surface area (Å²) >= 11 is 0. The molecule has 2 amide bonds. The Morgan fingerprint density at radius 1 is 1.08 bits per heavy atom. The lowest BCUT2D eigenvalue weighted by atomic mass is 10.00. The molecule has 7 heteroatoms. The molecule has 0 aliphatic carbocycles. The molecule has 1 aromatic rings. The zero-order chi connectivity index (χ0) is 19.0. The fraction of sp³-hybridized carbons (Fsp3) is 0.500. The van der Waals surface area contributed by atoms with Crippen molar-refractivity contribution in [3.63, 3.8) is 0 Å². The SMILES string of the molecule is COC(=O)c1ccc(CCC(C)C(=O)NNC(=O)OC(C)(C)C)cc1. The van der Waals surface area contributed by atoms with E-state index in [0.717, 1.165) is 5.56 Å². The van der Waals surface area contributed by atoms with Gasteiger partial charge in [-0.2, -0.15) is 0 Å². The molecule has 0 bridgehead atoms. The zero-order valence-electron chi connectivity index (χ0n) is 15.3. The lowest BCUT2D eigenvalue weighted by Crippen LogP contribution is -2.46. The standard InChI is InChI=1S/C18H26N2O5/c1-12(15(21)19-20-17(23)25-18(2,3)4)6-7-13-8-10-14(11-9-13)16(22)24-5/h8-12H,6-7H2,1-5H3,(H,19,21)(H,20,23). The van der Waals surface area contributed by atoms with Crippen molar-refractivity contribution >= 4 is 18.0 Å². The molecule has 1 aromatic carbocycles. The Kier molecular flexibility index (Phi) is 7.42. The molecule has 0 saturated heterocycles. The lowest BCUT2D eigenvalue weighted by Gasteiger charge is -2.20. The Balaban J connectivity index is 2.40. The van der Waals surface area contributed by atoms with E-state index in [1.54, 1.807) is 39.8 Å². The number of benzene rings is 1. The molecule has 0 spiro atoms. The van der Waals surface area contributed by atoms with Gasteiger partial charge in [0.1, 0.15) is 5.60 Å². The van der Waals surface area contributed by atoms with Crippen LogP contribution in [0.4, 0.5) is 4.79 Å². The normalized spacial score (nSPS) is 12.0. The van der Waals surface area contributed by atoms with Crippen molar-refractivity contribution in [2.75, 3.05) is 7.11 Å². The predicted molar refractivity (Wildman–Crippen MR) is 92.8 cm³/mol. The molecule has 25 heavy (non-hydrogen) atoms. The summed E-state index contributed by atoms with van der Waals surface area (Å²) in [5.74, 6) is -0.972. The van der Waals surface area contributed by atoms with E-state index < -0.39 is 11.7 Å². The van der Waals surface area contributed by atoms with Gasteiger partial charge in [-0.3, -0.25) is 10.2 Å². The largest absolute Gasteiger partial charge is 0.465 e. The van der Waals surface area contributed by atoms with E-state index in [1.165, 1.54) is 7.11 Å². The zero-order valence-corrected chi connectivity index (χ0v) is 15.3. The van der Waals surface area contributed by atoms with Gasteiger partial charge in [-0.15, -0.1) is 0 Å². The monoisotopic (exact) mass is 350 g/mol. The van der Waals surface area contributed by atoms with Crippen molar-refractivity contribution in [1.82, 2.24) is 10.9 Å². The summed E-state index contributed by atoms with van der Waals surface area (Å²) in [4.78, 5) is 34.8. The maximum absolute atomic E-state index is 12.0. The van der Waals surface area contributed by atoms with Crippen molar-refractivity contribution in [2.24, 2.45) is 5.92 Å². The summed E-state index contributed by atoms with van der Waals surface area (Å²) < 4.78 is 9.68. The molecule has 1 rings (SSSR count). The smallest absolute Gasteiger partial charge is 0.426 e. The van der Waals surface area contributed by atoms with Gasteiger partial charge < -0.3 is 9.47 Å². The number of hydrazine groups is 1. The Labute approximate surface area is 148 Å². The van der Waals surface area contributed by atoms with Crippen LogP contribution in [0.2, 0.25) is 0 Å². The van der Waals surface area contributed by atoms with E-state index in [4.69, 9.17) is 4.74 Å². The van der Waals surface area contributed by atoms with E-state index in [0.29, 0.717) is 18.4 Å². The van der Waals surface area contributed by atoms with E-state index >= 15 is 0 Å². The number of rotatable bonds is 5. The highest BCUT2D eigenvalue weighted by Crippen LogP contribution is 2.12. The number of esters is 1. The van der Waals surface area contributed by atoms with Gasteiger partial charge in [0.2, 0.25) is 5.91 Å². The summed E-state index contributed by atoms with van der Waals surface area (Å²) in [6.07, 6.45) is 0.563. The molecule has 0 radical (unpaired) electrons. The van der Waals surface area contributed by atoms with Crippen molar-refractivity contribution < 1.29 is 23.9 Å². The summed E-state index contributed by atoms with van der Waals surface area (Å²) in [5.41, 5.74) is 5.44. The number of hydrogen-bond acceptors (Lipinski definition) is 5. The van der Waals surface area contributed by atoms with Crippen molar-refractivity contribution in [1.29, 1.82) is 0 Å². The van der Waals surface area contributed by atoms with Gasteiger partial charge in [0.25, 0.3) is 0 Å². The number of methoxy groups -OCH3 is 1. The molecule has 0 aliphatic heterocycles. The van der Waals surface area contributed by atoms with Gasteiger partial charge in [-0.05, 0) is 51.3 Å². The van der Waals surface area contributed by atoms with Gasteiger partial charge in [0.15, 0.2) is 0 Å². The highest BCUT2D eigenvalue weighted by Gasteiger charge is 2.18. The third kappa shape index (κ3) is 7.69. The van der Waals surface area contributed by atoms with Gasteiger partial charge in [0, 0.05) is 5.92 Å². The van der Waals surface area contributed by atoms with Crippen molar-refractivity contribution in [2.45, 2.75) is 46.1 Å². The third-order valence-corrected chi connectivity index (χ3v) is 3.38. The molecule has 7 nitrogen and oxygen atoms in total. The minimum Gasteiger partial charge on any atom is -0.465 e. The number of carbonyl (C=O) groups is 3. The maximum Gasteiger partial charge on any atom is 0.426 e. The quantitative estimate of drug-likeness (QED) is 0.629. The fourth-order valence-corrected chi connectivity index (χ4v) is 1.98. The van der Waals surface area contributed by atoms with Crippen LogP contribution in [-0.2, 0) is 20.7 Å². The maximum atomic E-state index is 12.0. The molecular formula is C18H26N2O5. The second-order valence-electron chi connectivity index (χ2n) is 6.74. The first-order chi connectivity index (χ1) is 11.6. The Bertz CT molecular complexity index is 605. The predicted octanol–water partition coefficient (Wildman–Crippen LogP) is 2.60. The molecule has 138 valence electrons. The van der Waals surface area contributed by atoms with Crippen LogP contribution in [0.15, 0.2) is 24.3 Å². The molecule has 1 unspecified atom stereocenters. The van der Waals surface area contributed by atoms with Crippen LogP contribution < -0.4 is 10.9 Å². The number of carbonyl (C=O) groups excluding carboxylic acids is 3. The molecule has 0 aromatic heterocycles. The first-order valence-electron chi connectivity index (χ1n) is 8.08. The van der Waals surface area contributed by atoms with Crippen LogP contribution in [0.5, 0.6) is 0 Å². The van der Waals surface area contributed by atoms with Crippen LogP contribution >= 0.6 is 0 Å². The van der Waals surface area contributed by atoms with Crippen LogP contribution in [0.3, 0.4) is 0 Å². The van der Waals surface area contributed by atoms with E-state index in [2.05, 4.69) is 15.6 Å². The topological polar surface area (TPSA) is 93.7 Å². The van der Waals surface area contributed by atoms with Crippen molar-refractivity contribution in [3.05, 3.63) is 35.4 Å². The number of ether oxygens (including phenoxy) is 2. The van der Waals surface area contributed by atoms with Crippen LogP contribution in [0.25, 0.3) is 0 Å². The van der Waals surface area contributed by atoms with E-state index in [1.807, 2.05) is 12.1 Å². The van der Waals surface area contributed by atoms with Crippen LogP contribution in [0.1, 0.15) is 50.0 Å². The summed E-state index contributed by atoms with van der Waals surface area (Å²) in [7, 11) is 1.34. The van der Waals surface area contributed by atoms with E-state index in [9.17, 15) is 14.4 Å². The molecule has 0 aliphatic rings.